The number of aromatic nitrogens is 3. The monoisotopic (exact) mass is 368 g/mol. The molecule has 0 spiro atoms. The number of nitrogens with zero attached hydrogens (tertiary/aromatic N) is 3. The van der Waals surface area contributed by atoms with Gasteiger partial charge >= 0.3 is 5.97 Å². The third kappa shape index (κ3) is 3.47. The van der Waals surface area contributed by atoms with Gasteiger partial charge in [0.25, 0.3) is 5.91 Å². The van der Waals surface area contributed by atoms with Crippen LogP contribution in [0.15, 0.2) is 49.2 Å². The van der Waals surface area contributed by atoms with E-state index in [2.05, 4.69) is 15.3 Å². The summed E-state index contributed by atoms with van der Waals surface area (Å²) >= 11 is 0. The van der Waals surface area contributed by atoms with Crippen molar-refractivity contribution >= 4 is 17.6 Å². The number of fused-ring (bicyclic) bond motifs is 1. The predicted octanol–water partition coefficient (Wildman–Crippen LogP) is 2.09. The topological polar surface area (TPSA) is 95.3 Å². The molecule has 8 nitrogen and oxygen atoms in total. The third-order valence-corrected chi connectivity index (χ3v) is 3.87. The second-order valence-electron chi connectivity index (χ2n) is 5.74. The maximum Gasteiger partial charge on any atom is 0.341 e. The highest BCUT2D eigenvalue weighted by Crippen LogP contribution is 2.30. The van der Waals surface area contributed by atoms with Crippen LogP contribution in [0.2, 0.25) is 0 Å². The van der Waals surface area contributed by atoms with Gasteiger partial charge in [0, 0.05) is 30.2 Å². The minimum absolute atomic E-state index is 0.0740. The molecule has 0 unspecified atom stereocenters. The van der Waals surface area contributed by atoms with Crippen molar-refractivity contribution in [2.45, 2.75) is 6.61 Å². The standard InChI is InChI=1S/C18H13FN4O4/c19-13-6-15-14(22-17(24)9-26-15)5-12(13)18(25)27-8-11-1-2-16(21-7-11)23-4-3-20-10-23/h1-7,10H,8-9H2,(H,22,24). The van der Waals surface area contributed by atoms with E-state index < -0.39 is 11.8 Å². The van der Waals surface area contributed by atoms with Gasteiger partial charge in [0.1, 0.15) is 30.3 Å². The maximum absolute atomic E-state index is 14.1. The van der Waals surface area contributed by atoms with E-state index in [4.69, 9.17) is 9.47 Å². The Morgan fingerprint density at radius 3 is 3.00 bits per heavy atom. The van der Waals surface area contributed by atoms with Crippen LogP contribution in [0.4, 0.5) is 10.1 Å². The molecule has 0 saturated carbocycles. The van der Waals surface area contributed by atoms with E-state index >= 15 is 0 Å². The molecular weight excluding hydrogens is 355 g/mol. The van der Waals surface area contributed by atoms with Gasteiger partial charge in [-0.25, -0.2) is 19.2 Å². The van der Waals surface area contributed by atoms with Crippen molar-refractivity contribution in [1.29, 1.82) is 0 Å². The van der Waals surface area contributed by atoms with Crippen molar-refractivity contribution in [2.75, 3.05) is 11.9 Å². The highest BCUT2D eigenvalue weighted by molar-refractivity contribution is 5.98. The number of anilines is 1. The Morgan fingerprint density at radius 2 is 2.26 bits per heavy atom. The van der Waals surface area contributed by atoms with Crippen LogP contribution in [-0.2, 0) is 16.1 Å². The molecule has 0 aliphatic carbocycles. The van der Waals surface area contributed by atoms with Gasteiger partial charge in [-0.05, 0) is 12.1 Å². The fourth-order valence-electron chi connectivity index (χ4n) is 2.53. The highest BCUT2D eigenvalue weighted by Gasteiger charge is 2.22. The van der Waals surface area contributed by atoms with E-state index in [1.807, 2.05) is 0 Å². The second-order valence-corrected chi connectivity index (χ2v) is 5.74. The van der Waals surface area contributed by atoms with Crippen LogP contribution in [0.5, 0.6) is 5.75 Å². The van der Waals surface area contributed by atoms with E-state index in [0.29, 0.717) is 11.4 Å². The number of hydrogen-bond acceptors (Lipinski definition) is 6. The number of halogens is 1. The highest BCUT2D eigenvalue weighted by atomic mass is 19.1. The van der Waals surface area contributed by atoms with Gasteiger partial charge in [0.2, 0.25) is 0 Å². The van der Waals surface area contributed by atoms with Crippen LogP contribution in [0, 0.1) is 5.82 Å². The molecule has 3 heterocycles. The molecule has 4 rings (SSSR count). The minimum Gasteiger partial charge on any atom is -0.481 e. The van der Waals surface area contributed by atoms with E-state index in [9.17, 15) is 14.0 Å². The van der Waals surface area contributed by atoms with Crippen LogP contribution in [0.25, 0.3) is 5.82 Å². The number of benzene rings is 1. The van der Waals surface area contributed by atoms with Gasteiger partial charge in [-0.1, -0.05) is 6.07 Å². The van der Waals surface area contributed by atoms with Crippen molar-refractivity contribution in [3.8, 4) is 11.6 Å². The van der Waals surface area contributed by atoms with E-state index in [1.54, 1.807) is 41.6 Å². The average Bonchev–Trinajstić information content (AvgIpc) is 3.21. The quantitative estimate of drug-likeness (QED) is 0.709. The summed E-state index contributed by atoms with van der Waals surface area (Å²) in [6, 6.07) is 5.74. The molecule has 0 bridgehead atoms. The number of amides is 1. The first-order valence-corrected chi connectivity index (χ1v) is 7.97. The number of carbonyl (C=O) groups is 2. The largest absolute Gasteiger partial charge is 0.481 e. The van der Waals surface area contributed by atoms with Gasteiger partial charge < -0.3 is 14.8 Å². The summed E-state index contributed by atoms with van der Waals surface area (Å²) in [4.78, 5) is 31.8. The summed E-state index contributed by atoms with van der Waals surface area (Å²) in [5.74, 6) is -1.18. The molecule has 0 fully saturated rings. The molecule has 9 heteroatoms. The Hall–Kier alpha value is -3.75. The summed E-state index contributed by atoms with van der Waals surface area (Å²) in [5.41, 5.74) is 0.579. The fraction of sp³-hybridized carbons (Fsp3) is 0.111. The van der Waals surface area contributed by atoms with Crippen LogP contribution in [-0.4, -0.2) is 33.0 Å². The van der Waals surface area contributed by atoms with Crippen LogP contribution < -0.4 is 10.1 Å². The van der Waals surface area contributed by atoms with Gasteiger partial charge in [-0.15, -0.1) is 0 Å². The first kappa shape index (κ1) is 16.7. The minimum atomic E-state index is -0.853. The lowest BCUT2D eigenvalue weighted by atomic mass is 10.1. The van der Waals surface area contributed by atoms with Crippen molar-refractivity contribution in [2.24, 2.45) is 0 Å². The molecule has 27 heavy (non-hydrogen) atoms. The lowest BCUT2D eigenvalue weighted by molar-refractivity contribution is -0.118. The van der Waals surface area contributed by atoms with Crippen LogP contribution in [0.3, 0.4) is 0 Å². The number of nitrogens with one attached hydrogen (secondary N) is 1. The Morgan fingerprint density at radius 1 is 1.37 bits per heavy atom. The Bertz CT molecular complexity index is 1000. The number of imidazole rings is 1. The Kier molecular flexibility index (Phi) is 4.25. The Labute approximate surface area is 152 Å². The number of esters is 1. The lowest BCUT2D eigenvalue weighted by Crippen LogP contribution is -2.26. The number of hydrogen-bond donors (Lipinski definition) is 1. The summed E-state index contributed by atoms with van der Waals surface area (Å²) in [6.45, 7) is -0.270. The molecule has 0 atom stereocenters. The smallest absolute Gasteiger partial charge is 0.341 e. The van der Waals surface area contributed by atoms with Gasteiger partial charge in [-0.3, -0.25) is 9.36 Å². The van der Waals surface area contributed by atoms with Gasteiger partial charge in [0.15, 0.2) is 6.61 Å². The normalized spacial score (nSPS) is 12.7. The lowest BCUT2D eigenvalue weighted by Gasteiger charge is -2.18. The molecule has 0 radical (unpaired) electrons. The van der Waals surface area contributed by atoms with Crippen molar-refractivity contribution < 1.29 is 23.5 Å². The Balaban J connectivity index is 1.45. The third-order valence-electron chi connectivity index (χ3n) is 3.87. The maximum atomic E-state index is 14.1. The number of ether oxygens (including phenoxy) is 2. The van der Waals surface area contributed by atoms with Crippen molar-refractivity contribution in [3.63, 3.8) is 0 Å². The predicted molar refractivity (Wildman–Crippen MR) is 91.0 cm³/mol. The van der Waals surface area contributed by atoms with E-state index in [1.165, 1.54) is 6.07 Å². The molecule has 1 aliphatic heterocycles. The molecule has 136 valence electrons. The number of carbonyl (C=O) groups excluding carboxylic acids is 2. The molecule has 1 aromatic carbocycles. The molecule has 2 aromatic heterocycles. The SMILES string of the molecule is O=C1COc2cc(F)c(C(=O)OCc3ccc(-n4ccnc4)nc3)cc2N1. The zero-order chi connectivity index (χ0) is 18.8. The van der Waals surface area contributed by atoms with Gasteiger partial charge in [-0.2, -0.15) is 0 Å². The summed E-state index contributed by atoms with van der Waals surface area (Å²) in [7, 11) is 0. The van der Waals surface area contributed by atoms with Gasteiger partial charge in [0.05, 0.1) is 11.3 Å². The van der Waals surface area contributed by atoms with Crippen molar-refractivity contribution in [3.05, 3.63) is 66.1 Å². The molecule has 1 aliphatic rings. The summed E-state index contributed by atoms with van der Waals surface area (Å²) < 4.78 is 26.1. The van der Waals surface area contributed by atoms with E-state index in [0.717, 1.165) is 6.07 Å². The first-order valence-electron chi connectivity index (χ1n) is 7.97. The fourth-order valence-corrected chi connectivity index (χ4v) is 2.53. The molecule has 1 amide bonds. The van der Waals surface area contributed by atoms with E-state index in [-0.39, 0.29) is 36.1 Å². The first-order chi connectivity index (χ1) is 13.1. The zero-order valence-electron chi connectivity index (χ0n) is 13.9. The molecule has 1 N–H and O–H groups in total. The second kappa shape index (κ2) is 6.87. The molecular formula is C18H13FN4O4. The molecule has 3 aromatic rings. The zero-order valence-corrected chi connectivity index (χ0v) is 13.9. The summed E-state index contributed by atoms with van der Waals surface area (Å²) in [6.07, 6.45) is 6.56. The van der Waals surface area contributed by atoms with Crippen LogP contribution in [0.1, 0.15) is 15.9 Å². The average molecular weight is 368 g/mol. The van der Waals surface area contributed by atoms with Crippen LogP contribution >= 0.6 is 0 Å². The molecule has 0 saturated heterocycles. The van der Waals surface area contributed by atoms with Crippen molar-refractivity contribution in [1.82, 2.24) is 14.5 Å². The summed E-state index contributed by atoms with van der Waals surface area (Å²) in [5, 5.41) is 2.52. The number of rotatable bonds is 4. The number of pyridine rings is 1.